The van der Waals surface area contributed by atoms with E-state index in [2.05, 4.69) is 10.0 Å². The Labute approximate surface area is 155 Å². The molecule has 1 unspecified atom stereocenters. The van der Waals surface area contributed by atoms with Crippen LogP contribution in [0.4, 0.5) is 5.69 Å². The van der Waals surface area contributed by atoms with Crippen LogP contribution in [-0.2, 0) is 14.8 Å². The molecule has 138 valence electrons. The number of hydrogen-bond acceptors (Lipinski definition) is 5. The van der Waals surface area contributed by atoms with Crippen molar-refractivity contribution in [2.75, 3.05) is 11.0 Å². The number of halogens is 1. The number of carbonyl (C=O) groups is 2. The summed E-state index contributed by atoms with van der Waals surface area (Å²) in [6, 6.07) is 10.7. The fourth-order valence-electron chi connectivity index (χ4n) is 2.14. The molecule has 0 radical (unpaired) electrons. The average molecular weight is 398 g/mol. The van der Waals surface area contributed by atoms with E-state index in [1.54, 1.807) is 24.3 Å². The second kappa shape index (κ2) is 8.17. The lowest BCUT2D eigenvalue weighted by atomic mass is 10.1. The molecule has 0 heterocycles. The Morgan fingerprint density at radius 2 is 1.62 bits per heavy atom. The molecule has 2 aromatic rings. The van der Waals surface area contributed by atoms with Crippen LogP contribution in [0.2, 0.25) is 5.02 Å². The molecule has 0 spiro atoms. The largest absolute Gasteiger partial charge is 0.336 e. The molecule has 2 amide bonds. The van der Waals surface area contributed by atoms with Crippen LogP contribution in [0.3, 0.4) is 0 Å². The number of hydroxylamine groups is 1. The molecule has 0 aromatic heterocycles. The summed E-state index contributed by atoms with van der Waals surface area (Å²) in [6.07, 6.45) is 1.01. The van der Waals surface area contributed by atoms with Gasteiger partial charge in [-0.15, -0.1) is 0 Å². The predicted molar refractivity (Wildman–Crippen MR) is 96.5 cm³/mol. The molecular weight excluding hydrogens is 382 g/mol. The molecule has 1 atom stereocenters. The lowest BCUT2D eigenvalue weighted by Gasteiger charge is -2.17. The monoisotopic (exact) mass is 397 g/mol. The summed E-state index contributed by atoms with van der Waals surface area (Å²) in [5, 5.41) is 11.9. The third-order valence-corrected chi connectivity index (χ3v) is 4.16. The number of benzene rings is 2. The lowest BCUT2D eigenvalue weighted by Crippen LogP contribution is -2.39. The minimum Gasteiger partial charge on any atom is -0.336 e. The van der Waals surface area contributed by atoms with Crippen LogP contribution in [0, 0.1) is 0 Å². The Balaban J connectivity index is 2.18. The molecule has 10 heteroatoms. The molecule has 2 rings (SSSR count). The minimum atomic E-state index is -3.43. The third-order valence-electron chi connectivity index (χ3n) is 3.30. The zero-order chi connectivity index (χ0) is 19.3. The number of hydrogen-bond donors (Lipinski definition) is 4. The van der Waals surface area contributed by atoms with Gasteiger partial charge in [-0.1, -0.05) is 23.7 Å². The van der Waals surface area contributed by atoms with E-state index < -0.39 is 27.9 Å². The molecule has 4 N–H and O–H groups in total. The number of amides is 2. The fourth-order valence-corrected chi connectivity index (χ4v) is 2.83. The Bertz CT molecular complexity index is 898. The smallest absolute Gasteiger partial charge is 0.270 e. The van der Waals surface area contributed by atoms with Crippen molar-refractivity contribution in [3.05, 3.63) is 64.7 Å². The van der Waals surface area contributed by atoms with E-state index in [9.17, 15) is 18.0 Å². The van der Waals surface area contributed by atoms with Crippen LogP contribution < -0.4 is 15.5 Å². The maximum atomic E-state index is 12.4. The predicted octanol–water partition coefficient (Wildman–Crippen LogP) is 1.69. The quantitative estimate of drug-likeness (QED) is 0.436. The van der Waals surface area contributed by atoms with Gasteiger partial charge in [-0.3, -0.25) is 19.5 Å². The summed E-state index contributed by atoms with van der Waals surface area (Å²) in [5.74, 6) is -1.41. The summed E-state index contributed by atoms with van der Waals surface area (Å²) in [6.45, 7) is 0. The molecule has 0 bridgehead atoms. The van der Waals surface area contributed by atoms with Gasteiger partial charge in [0.2, 0.25) is 10.0 Å². The van der Waals surface area contributed by atoms with E-state index in [0.29, 0.717) is 16.3 Å². The van der Waals surface area contributed by atoms with Crippen LogP contribution in [0.25, 0.3) is 0 Å². The third kappa shape index (κ3) is 5.45. The van der Waals surface area contributed by atoms with Crippen LogP contribution >= 0.6 is 11.6 Å². The number of anilines is 1. The van der Waals surface area contributed by atoms with E-state index >= 15 is 0 Å². The highest BCUT2D eigenvalue weighted by atomic mass is 35.5. The van der Waals surface area contributed by atoms with E-state index in [1.807, 2.05) is 0 Å². The van der Waals surface area contributed by atoms with E-state index in [1.165, 1.54) is 29.7 Å². The first-order valence-electron chi connectivity index (χ1n) is 7.28. The van der Waals surface area contributed by atoms with E-state index in [-0.39, 0.29) is 5.56 Å². The highest BCUT2D eigenvalue weighted by molar-refractivity contribution is 7.92. The minimum absolute atomic E-state index is 0.203. The van der Waals surface area contributed by atoms with Crippen molar-refractivity contribution in [1.29, 1.82) is 0 Å². The Morgan fingerprint density at radius 1 is 1.04 bits per heavy atom. The van der Waals surface area contributed by atoms with Crippen molar-refractivity contribution < 1.29 is 23.2 Å². The molecule has 0 aliphatic heterocycles. The van der Waals surface area contributed by atoms with Crippen molar-refractivity contribution in [3.63, 3.8) is 0 Å². The van der Waals surface area contributed by atoms with Gasteiger partial charge >= 0.3 is 0 Å². The first-order valence-corrected chi connectivity index (χ1v) is 9.54. The highest BCUT2D eigenvalue weighted by Gasteiger charge is 2.23. The van der Waals surface area contributed by atoms with Crippen LogP contribution in [-0.4, -0.2) is 31.7 Å². The van der Waals surface area contributed by atoms with Crippen molar-refractivity contribution >= 4 is 39.1 Å². The fraction of sp³-hybridized carbons (Fsp3) is 0.125. The zero-order valence-corrected chi connectivity index (χ0v) is 15.1. The Hall–Kier alpha value is -2.62. The maximum absolute atomic E-state index is 12.4. The van der Waals surface area contributed by atoms with Crippen molar-refractivity contribution in [2.24, 2.45) is 0 Å². The summed E-state index contributed by atoms with van der Waals surface area (Å²) >= 11 is 5.81. The number of sulfonamides is 1. The van der Waals surface area contributed by atoms with Gasteiger partial charge in [0.05, 0.1) is 6.26 Å². The Kier molecular flexibility index (Phi) is 6.19. The van der Waals surface area contributed by atoms with Crippen molar-refractivity contribution in [3.8, 4) is 0 Å². The van der Waals surface area contributed by atoms with Crippen LogP contribution in [0.15, 0.2) is 48.5 Å². The topological polar surface area (TPSA) is 125 Å². The molecule has 2 aromatic carbocycles. The molecular formula is C16H16ClN3O5S. The molecule has 26 heavy (non-hydrogen) atoms. The van der Waals surface area contributed by atoms with Gasteiger partial charge in [-0.05, 0) is 42.0 Å². The standard InChI is InChI=1S/C16H16ClN3O5S/c1-26(24,25)20-13-8-4-11(5-9-13)15(21)18-14(16(22)19-23)10-2-6-12(17)7-3-10/h2-9,14,20,23H,1H3,(H,18,21)(H,19,22). The maximum Gasteiger partial charge on any atom is 0.270 e. The molecule has 8 nitrogen and oxygen atoms in total. The summed E-state index contributed by atoms with van der Waals surface area (Å²) in [5.41, 5.74) is 2.43. The summed E-state index contributed by atoms with van der Waals surface area (Å²) < 4.78 is 24.6. The second-order valence-corrected chi connectivity index (χ2v) is 7.57. The zero-order valence-electron chi connectivity index (χ0n) is 13.6. The van der Waals surface area contributed by atoms with Crippen LogP contribution in [0.5, 0.6) is 0 Å². The van der Waals surface area contributed by atoms with Gasteiger partial charge < -0.3 is 5.32 Å². The molecule has 0 aliphatic carbocycles. The van der Waals surface area contributed by atoms with Crippen molar-refractivity contribution in [2.45, 2.75) is 6.04 Å². The number of nitrogens with one attached hydrogen (secondary N) is 3. The highest BCUT2D eigenvalue weighted by Crippen LogP contribution is 2.18. The van der Waals surface area contributed by atoms with Crippen molar-refractivity contribution in [1.82, 2.24) is 10.8 Å². The van der Waals surface area contributed by atoms with Gasteiger partial charge in [0.1, 0.15) is 6.04 Å². The van der Waals surface area contributed by atoms with Gasteiger partial charge in [-0.2, -0.15) is 0 Å². The number of carbonyl (C=O) groups excluding carboxylic acids is 2. The molecule has 0 saturated heterocycles. The van der Waals surface area contributed by atoms with Gasteiger partial charge in [0.25, 0.3) is 11.8 Å². The van der Waals surface area contributed by atoms with Crippen LogP contribution in [0.1, 0.15) is 22.0 Å². The van der Waals surface area contributed by atoms with Gasteiger partial charge in [-0.25, -0.2) is 13.9 Å². The lowest BCUT2D eigenvalue weighted by molar-refractivity contribution is -0.131. The SMILES string of the molecule is CS(=O)(=O)Nc1ccc(C(=O)NC(C(=O)NO)c2ccc(Cl)cc2)cc1. The molecule has 0 fully saturated rings. The Morgan fingerprint density at radius 3 is 2.12 bits per heavy atom. The number of rotatable bonds is 6. The molecule has 0 aliphatic rings. The van der Waals surface area contributed by atoms with E-state index in [0.717, 1.165) is 6.26 Å². The first-order chi connectivity index (χ1) is 12.2. The van der Waals surface area contributed by atoms with E-state index in [4.69, 9.17) is 16.8 Å². The normalized spacial score (nSPS) is 12.1. The van der Waals surface area contributed by atoms with Gasteiger partial charge in [0.15, 0.2) is 0 Å². The average Bonchev–Trinajstić information content (AvgIpc) is 2.59. The molecule has 0 saturated carbocycles. The summed E-state index contributed by atoms with van der Waals surface area (Å²) in [7, 11) is -3.43. The summed E-state index contributed by atoms with van der Waals surface area (Å²) in [4.78, 5) is 24.3. The second-order valence-electron chi connectivity index (χ2n) is 5.39. The van der Waals surface area contributed by atoms with Gasteiger partial charge in [0, 0.05) is 16.3 Å². The first kappa shape index (κ1) is 19.7.